The van der Waals surface area contributed by atoms with Crippen LogP contribution in [0.2, 0.25) is 0 Å². The van der Waals surface area contributed by atoms with E-state index < -0.39 is 0 Å². The van der Waals surface area contributed by atoms with Gasteiger partial charge < -0.3 is 10.4 Å². The molecule has 0 aromatic heterocycles. The first kappa shape index (κ1) is 18.7. The molecule has 0 aliphatic carbocycles. The van der Waals surface area contributed by atoms with Crippen molar-refractivity contribution in [1.29, 1.82) is 0 Å². The largest absolute Gasteiger partial charge is 0.508 e. The van der Waals surface area contributed by atoms with Gasteiger partial charge in [-0.25, -0.2) is 0 Å². The molecule has 138 valence electrons. The minimum absolute atomic E-state index is 0.0132. The van der Waals surface area contributed by atoms with E-state index in [1.54, 1.807) is 6.07 Å². The quantitative estimate of drug-likeness (QED) is 0.649. The van der Waals surface area contributed by atoms with Gasteiger partial charge in [0.05, 0.1) is 0 Å². The number of hydrogen-bond acceptors (Lipinski definition) is 2. The van der Waals surface area contributed by atoms with Crippen molar-refractivity contribution in [1.82, 2.24) is 5.32 Å². The molecule has 3 nitrogen and oxygen atoms in total. The van der Waals surface area contributed by atoms with Crippen molar-refractivity contribution in [3.63, 3.8) is 0 Å². The van der Waals surface area contributed by atoms with Gasteiger partial charge in [-0.05, 0) is 30.5 Å². The topological polar surface area (TPSA) is 49.3 Å². The Bertz CT molecular complexity index is 875. The van der Waals surface area contributed by atoms with Gasteiger partial charge in [0.1, 0.15) is 5.75 Å². The molecule has 0 radical (unpaired) electrons. The Labute approximate surface area is 160 Å². The minimum atomic E-state index is -0.178. The molecule has 1 amide bonds. The van der Waals surface area contributed by atoms with Gasteiger partial charge >= 0.3 is 0 Å². The molecule has 3 heteroatoms. The summed E-state index contributed by atoms with van der Waals surface area (Å²) in [5.74, 6) is 0.0371. The van der Waals surface area contributed by atoms with E-state index in [0.29, 0.717) is 13.0 Å². The van der Waals surface area contributed by atoms with Crippen LogP contribution in [0.4, 0.5) is 0 Å². The Morgan fingerprint density at radius 3 is 2.33 bits per heavy atom. The van der Waals surface area contributed by atoms with Gasteiger partial charge in [0, 0.05) is 24.4 Å². The lowest BCUT2D eigenvalue weighted by molar-refractivity contribution is -0.121. The number of hydrogen-bond donors (Lipinski definition) is 2. The minimum Gasteiger partial charge on any atom is -0.508 e. The van der Waals surface area contributed by atoms with Crippen molar-refractivity contribution >= 4 is 5.91 Å². The summed E-state index contributed by atoms with van der Waals surface area (Å²) >= 11 is 0. The predicted octanol–water partition coefficient (Wildman–Crippen LogP) is 4.58. The molecule has 0 aliphatic rings. The van der Waals surface area contributed by atoms with Crippen LogP contribution in [0.1, 0.15) is 34.6 Å². The molecular weight excluding hydrogens is 334 g/mol. The summed E-state index contributed by atoms with van der Waals surface area (Å²) in [6.45, 7) is 2.59. The van der Waals surface area contributed by atoms with Crippen LogP contribution in [-0.4, -0.2) is 17.6 Å². The van der Waals surface area contributed by atoms with E-state index in [-0.39, 0.29) is 17.6 Å². The molecule has 0 unspecified atom stereocenters. The second-order valence-electron chi connectivity index (χ2n) is 6.82. The van der Waals surface area contributed by atoms with Gasteiger partial charge in [-0.1, -0.05) is 78.4 Å². The standard InChI is InChI=1S/C24H25NO2/c1-18-12-13-23(26)22(16-18)21(20-10-6-3-7-11-20)17-24(27)25-15-14-19-8-4-2-5-9-19/h2-13,16,21,26H,14-15,17H2,1H3,(H,25,27)/t21-/m0/s1. The SMILES string of the molecule is Cc1ccc(O)c([C@@H](CC(=O)NCCc2ccccc2)c2ccccc2)c1. The number of nitrogens with one attached hydrogen (secondary N) is 1. The van der Waals surface area contributed by atoms with Gasteiger partial charge in [0.15, 0.2) is 0 Å². The van der Waals surface area contributed by atoms with Crippen LogP contribution in [0.3, 0.4) is 0 Å². The number of aryl methyl sites for hydroxylation is 1. The number of aromatic hydroxyl groups is 1. The van der Waals surface area contributed by atoms with E-state index in [2.05, 4.69) is 17.4 Å². The molecule has 3 aromatic rings. The number of carbonyl (C=O) groups is 1. The molecule has 0 spiro atoms. The molecule has 0 bridgehead atoms. The molecular formula is C24H25NO2. The molecule has 0 saturated carbocycles. The third-order valence-corrected chi connectivity index (χ3v) is 4.73. The van der Waals surface area contributed by atoms with Crippen molar-refractivity contribution in [2.45, 2.75) is 25.7 Å². The van der Waals surface area contributed by atoms with Crippen molar-refractivity contribution in [3.8, 4) is 5.75 Å². The first-order valence-corrected chi connectivity index (χ1v) is 9.28. The van der Waals surface area contributed by atoms with Gasteiger partial charge in [-0.2, -0.15) is 0 Å². The van der Waals surface area contributed by atoms with Crippen molar-refractivity contribution < 1.29 is 9.90 Å². The highest BCUT2D eigenvalue weighted by Gasteiger charge is 2.21. The smallest absolute Gasteiger partial charge is 0.220 e. The molecule has 1 atom stereocenters. The summed E-state index contributed by atoms with van der Waals surface area (Å²) in [5.41, 5.74) is 4.08. The molecule has 0 heterocycles. The number of phenols is 1. The molecule has 0 fully saturated rings. The number of carbonyl (C=O) groups excluding carboxylic acids is 1. The molecule has 3 rings (SSSR count). The Balaban J connectivity index is 1.72. The average Bonchev–Trinajstić information content (AvgIpc) is 2.70. The van der Waals surface area contributed by atoms with Gasteiger partial charge in [0.25, 0.3) is 0 Å². The van der Waals surface area contributed by atoms with E-state index in [9.17, 15) is 9.90 Å². The summed E-state index contributed by atoms with van der Waals surface area (Å²) in [6, 6.07) is 25.5. The highest BCUT2D eigenvalue weighted by molar-refractivity contribution is 5.77. The average molecular weight is 359 g/mol. The fraction of sp³-hybridized carbons (Fsp3) is 0.208. The van der Waals surface area contributed by atoms with Crippen molar-refractivity contribution in [2.24, 2.45) is 0 Å². The Kier molecular flexibility index (Phi) is 6.26. The molecule has 0 aliphatic heterocycles. The van der Waals surface area contributed by atoms with Crippen LogP contribution >= 0.6 is 0 Å². The van der Waals surface area contributed by atoms with E-state index in [1.807, 2.05) is 67.6 Å². The summed E-state index contributed by atoms with van der Waals surface area (Å²) in [7, 11) is 0. The number of rotatable bonds is 7. The molecule has 27 heavy (non-hydrogen) atoms. The molecule has 2 N–H and O–H groups in total. The van der Waals surface area contributed by atoms with Crippen LogP contribution < -0.4 is 5.32 Å². The fourth-order valence-electron chi connectivity index (χ4n) is 3.29. The Hall–Kier alpha value is -3.07. The maximum atomic E-state index is 12.6. The second kappa shape index (κ2) is 9.04. The summed E-state index contributed by atoms with van der Waals surface area (Å²) in [5, 5.41) is 13.4. The number of phenolic OH excluding ortho intramolecular Hbond substituents is 1. The third-order valence-electron chi connectivity index (χ3n) is 4.73. The summed E-state index contributed by atoms with van der Waals surface area (Å²) < 4.78 is 0. The maximum Gasteiger partial charge on any atom is 0.220 e. The van der Waals surface area contributed by atoms with E-state index in [0.717, 1.165) is 23.1 Å². The lowest BCUT2D eigenvalue weighted by Gasteiger charge is -2.19. The Morgan fingerprint density at radius 1 is 0.963 bits per heavy atom. The predicted molar refractivity (Wildman–Crippen MR) is 109 cm³/mol. The zero-order valence-electron chi connectivity index (χ0n) is 15.6. The zero-order chi connectivity index (χ0) is 19.1. The van der Waals surface area contributed by atoms with Crippen LogP contribution in [0.25, 0.3) is 0 Å². The van der Waals surface area contributed by atoms with Crippen LogP contribution in [-0.2, 0) is 11.2 Å². The van der Waals surface area contributed by atoms with Crippen molar-refractivity contribution in [2.75, 3.05) is 6.54 Å². The van der Waals surface area contributed by atoms with Crippen molar-refractivity contribution in [3.05, 3.63) is 101 Å². The normalized spacial score (nSPS) is 11.7. The number of benzene rings is 3. The van der Waals surface area contributed by atoms with Crippen LogP contribution in [0.5, 0.6) is 5.75 Å². The summed E-state index contributed by atoms with van der Waals surface area (Å²) in [4.78, 5) is 12.6. The van der Waals surface area contributed by atoms with E-state index in [1.165, 1.54) is 5.56 Å². The second-order valence-corrected chi connectivity index (χ2v) is 6.82. The third kappa shape index (κ3) is 5.20. The van der Waals surface area contributed by atoms with E-state index in [4.69, 9.17) is 0 Å². The molecule has 3 aromatic carbocycles. The van der Waals surface area contributed by atoms with E-state index >= 15 is 0 Å². The van der Waals surface area contributed by atoms with Crippen LogP contribution in [0, 0.1) is 6.92 Å². The first-order valence-electron chi connectivity index (χ1n) is 9.28. The highest BCUT2D eigenvalue weighted by atomic mass is 16.3. The van der Waals surface area contributed by atoms with Gasteiger partial charge in [0.2, 0.25) is 5.91 Å². The lowest BCUT2D eigenvalue weighted by Crippen LogP contribution is -2.27. The highest BCUT2D eigenvalue weighted by Crippen LogP contribution is 2.34. The van der Waals surface area contributed by atoms with Gasteiger partial charge in [-0.3, -0.25) is 4.79 Å². The summed E-state index contributed by atoms with van der Waals surface area (Å²) in [6.07, 6.45) is 1.11. The Morgan fingerprint density at radius 2 is 1.63 bits per heavy atom. The van der Waals surface area contributed by atoms with Gasteiger partial charge in [-0.15, -0.1) is 0 Å². The maximum absolute atomic E-state index is 12.6. The zero-order valence-corrected chi connectivity index (χ0v) is 15.6. The number of amides is 1. The van der Waals surface area contributed by atoms with Crippen LogP contribution in [0.15, 0.2) is 78.9 Å². The fourth-order valence-corrected chi connectivity index (χ4v) is 3.29. The lowest BCUT2D eigenvalue weighted by atomic mass is 9.87. The molecule has 0 saturated heterocycles. The first-order chi connectivity index (χ1) is 13.1. The monoisotopic (exact) mass is 359 g/mol.